The van der Waals surface area contributed by atoms with Crippen molar-refractivity contribution >= 4 is 45.8 Å². The Morgan fingerprint density at radius 2 is 1.87 bits per heavy atom. The van der Waals surface area contributed by atoms with Crippen molar-refractivity contribution in [3.05, 3.63) is 53.6 Å². The fourth-order valence-electron chi connectivity index (χ4n) is 3.01. The van der Waals surface area contributed by atoms with Crippen molar-refractivity contribution in [3.63, 3.8) is 0 Å². The number of methoxy groups -OCH3 is 1. The molecular formula is C23H26IN3O3. The molecule has 158 valence electrons. The lowest BCUT2D eigenvalue weighted by atomic mass is 10.00. The monoisotopic (exact) mass is 519 g/mol. The van der Waals surface area contributed by atoms with Gasteiger partial charge in [-0.25, -0.2) is 0 Å². The molecule has 0 spiro atoms. The lowest BCUT2D eigenvalue weighted by molar-refractivity contribution is -0.126. The number of terminal acetylenes is 1. The summed E-state index contributed by atoms with van der Waals surface area (Å²) in [4.78, 5) is 27.5. The normalized spacial score (nSPS) is 11.9. The fourth-order valence-corrected chi connectivity index (χ4v) is 3.60. The summed E-state index contributed by atoms with van der Waals surface area (Å²) in [5.41, 5.74) is 7.87. The third-order valence-electron chi connectivity index (χ3n) is 4.29. The average Bonchev–Trinajstić information content (AvgIpc) is 2.70. The highest BCUT2D eigenvalue weighted by Gasteiger charge is 2.34. The Labute approximate surface area is 191 Å². The van der Waals surface area contributed by atoms with Gasteiger partial charge >= 0.3 is 5.91 Å². The van der Waals surface area contributed by atoms with Crippen molar-refractivity contribution < 1.29 is 14.3 Å². The van der Waals surface area contributed by atoms with Crippen LogP contribution in [0.4, 0.5) is 11.4 Å². The first-order valence-corrected chi connectivity index (χ1v) is 10.8. The van der Waals surface area contributed by atoms with E-state index in [-0.39, 0.29) is 5.91 Å². The molecule has 2 aromatic carbocycles. The highest BCUT2D eigenvalue weighted by molar-refractivity contribution is 14.1. The topological polar surface area (TPSA) is 84.7 Å². The van der Waals surface area contributed by atoms with Gasteiger partial charge in [0.1, 0.15) is 11.8 Å². The Morgan fingerprint density at radius 3 is 2.37 bits per heavy atom. The van der Waals surface area contributed by atoms with Crippen molar-refractivity contribution in [1.82, 2.24) is 5.32 Å². The van der Waals surface area contributed by atoms with E-state index in [1.165, 1.54) is 4.90 Å². The average molecular weight is 519 g/mol. The molecule has 2 aromatic rings. The zero-order valence-corrected chi connectivity index (χ0v) is 19.7. The van der Waals surface area contributed by atoms with Crippen LogP contribution in [0.2, 0.25) is 0 Å². The summed E-state index contributed by atoms with van der Waals surface area (Å²) in [6.45, 7) is 5.62. The van der Waals surface area contributed by atoms with Gasteiger partial charge in [-0.1, -0.05) is 34.7 Å². The standard InChI is InChI=1S/C23H26IN3O3/c1-6-20(28)27(18-11-12-19(30-5)16(13-18)14-24)21(22(29)26-23(2,3)4)15-7-9-17(25)10-8-15/h1,7-13,21H,14,25H2,2-5H3,(H,26,29). The van der Waals surface area contributed by atoms with Gasteiger partial charge in [0.25, 0.3) is 0 Å². The number of ether oxygens (including phenoxy) is 1. The molecule has 0 fully saturated rings. The summed E-state index contributed by atoms with van der Waals surface area (Å²) in [6, 6.07) is 11.2. The molecule has 30 heavy (non-hydrogen) atoms. The van der Waals surface area contributed by atoms with Gasteiger partial charge in [0, 0.05) is 26.9 Å². The smallest absolute Gasteiger partial charge is 0.303 e. The number of nitrogens with zero attached hydrogens (tertiary/aromatic N) is 1. The summed E-state index contributed by atoms with van der Waals surface area (Å²) in [7, 11) is 1.59. The molecular weight excluding hydrogens is 493 g/mol. The second kappa shape index (κ2) is 9.85. The number of hydrogen-bond donors (Lipinski definition) is 2. The minimum Gasteiger partial charge on any atom is -0.496 e. The van der Waals surface area contributed by atoms with Crippen LogP contribution in [-0.2, 0) is 14.0 Å². The second-order valence-electron chi connectivity index (χ2n) is 7.76. The molecule has 7 heteroatoms. The van der Waals surface area contributed by atoms with Gasteiger partial charge in [-0.2, -0.15) is 0 Å². The summed E-state index contributed by atoms with van der Waals surface area (Å²) < 4.78 is 6.05. The Balaban J connectivity index is 2.68. The minimum atomic E-state index is -0.969. The summed E-state index contributed by atoms with van der Waals surface area (Å²) in [5.74, 6) is 1.89. The van der Waals surface area contributed by atoms with Crippen molar-refractivity contribution in [2.75, 3.05) is 17.7 Å². The Bertz CT molecular complexity index is 959. The summed E-state index contributed by atoms with van der Waals surface area (Å²) >= 11 is 2.22. The lowest BCUT2D eigenvalue weighted by Crippen LogP contribution is -2.49. The fraction of sp³-hybridized carbons (Fsp3) is 0.304. The Morgan fingerprint density at radius 1 is 1.23 bits per heavy atom. The molecule has 0 bridgehead atoms. The number of nitrogens with two attached hydrogens (primary N) is 1. The van der Waals surface area contributed by atoms with Crippen LogP contribution < -0.4 is 20.7 Å². The van der Waals surface area contributed by atoms with E-state index >= 15 is 0 Å². The van der Waals surface area contributed by atoms with Crippen LogP contribution in [0.1, 0.15) is 37.9 Å². The van der Waals surface area contributed by atoms with E-state index in [0.717, 1.165) is 5.56 Å². The molecule has 2 amide bonds. The quantitative estimate of drug-likeness (QED) is 0.263. The maximum absolute atomic E-state index is 13.3. The van der Waals surface area contributed by atoms with E-state index in [1.807, 2.05) is 26.8 Å². The second-order valence-corrected chi connectivity index (χ2v) is 8.52. The first kappa shape index (κ1) is 23.5. The van der Waals surface area contributed by atoms with E-state index in [1.54, 1.807) is 43.5 Å². The molecule has 1 unspecified atom stereocenters. The highest BCUT2D eigenvalue weighted by Crippen LogP contribution is 2.33. The number of amides is 2. The van der Waals surface area contributed by atoms with E-state index < -0.39 is 17.5 Å². The van der Waals surface area contributed by atoms with Gasteiger partial charge in [-0.05, 0) is 62.6 Å². The number of carbonyl (C=O) groups excluding carboxylic acids is 2. The molecule has 0 aliphatic heterocycles. The molecule has 0 saturated heterocycles. The maximum Gasteiger partial charge on any atom is 0.303 e. The van der Waals surface area contributed by atoms with Gasteiger partial charge < -0.3 is 15.8 Å². The van der Waals surface area contributed by atoms with Gasteiger partial charge in [0.05, 0.1) is 7.11 Å². The summed E-state index contributed by atoms with van der Waals surface area (Å²) in [6.07, 6.45) is 5.49. The van der Waals surface area contributed by atoms with Crippen LogP contribution >= 0.6 is 22.6 Å². The van der Waals surface area contributed by atoms with Crippen molar-refractivity contribution in [1.29, 1.82) is 0 Å². The number of carbonyl (C=O) groups is 2. The zero-order chi connectivity index (χ0) is 22.5. The summed E-state index contributed by atoms with van der Waals surface area (Å²) in [5, 5.41) is 2.95. The van der Waals surface area contributed by atoms with Crippen LogP contribution in [0.3, 0.4) is 0 Å². The van der Waals surface area contributed by atoms with E-state index in [9.17, 15) is 9.59 Å². The lowest BCUT2D eigenvalue weighted by Gasteiger charge is -2.33. The molecule has 1 atom stereocenters. The molecule has 3 N–H and O–H groups in total. The zero-order valence-electron chi connectivity index (χ0n) is 17.5. The third-order valence-corrected chi connectivity index (χ3v) is 5.11. The SMILES string of the molecule is C#CC(=O)N(c1ccc(OC)c(CI)c1)C(C(=O)NC(C)(C)C)c1ccc(N)cc1. The molecule has 0 aromatic heterocycles. The van der Waals surface area contributed by atoms with E-state index in [0.29, 0.717) is 27.1 Å². The molecule has 6 nitrogen and oxygen atoms in total. The van der Waals surface area contributed by atoms with Crippen molar-refractivity contribution in [2.45, 2.75) is 36.8 Å². The van der Waals surface area contributed by atoms with E-state index in [4.69, 9.17) is 16.9 Å². The molecule has 0 heterocycles. The first-order valence-electron chi connectivity index (χ1n) is 9.31. The predicted molar refractivity (Wildman–Crippen MR) is 129 cm³/mol. The van der Waals surface area contributed by atoms with Crippen LogP contribution in [0.15, 0.2) is 42.5 Å². The molecule has 0 saturated carbocycles. The number of anilines is 2. The number of hydrogen-bond acceptors (Lipinski definition) is 4. The maximum atomic E-state index is 13.3. The molecule has 2 rings (SSSR count). The van der Waals surface area contributed by atoms with Gasteiger partial charge in [0.15, 0.2) is 0 Å². The minimum absolute atomic E-state index is 0.345. The number of nitrogens with one attached hydrogen (secondary N) is 1. The van der Waals surface area contributed by atoms with Crippen LogP contribution in [0.5, 0.6) is 5.75 Å². The first-order chi connectivity index (χ1) is 14.1. The Kier molecular flexibility index (Phi) is 7.73. The molecule has 0 aliphatic rings. The van der Waals surface area contributed by atoms with Crippen molar-refractivity contribution in [3.8, 4) is 18.1 Å². The highest BCUT2D eigenvalue weighted by atomic mass is 127. The van der Waals surface area contributed by atoms with Gasteiger partial charge in [-0.3, -0.25) is 14.5 Å². The van der Waals surface area contributed by atoms with Crippen LogP contribution in [-0.4, -0.2) is 24.5 Å². The largest absolute Gasteiger partial charge is 0.496 e. The van der Waals surface area contributed by atoms with Crippen LogP contribution in [0.25, 0.3) is 0 Å². The number of alkyl halides is 1. The number of rotatable bonds is 6. The molecule has 0 radical (unpaired) electrons. The number of nitrogen functional groups attached to an aromatic ring is 1. The van der Waals surface area contributed by atoms with Gasteiger partial charge in [0.2, 0.25) is 5.91 Å². The third kappa shape index (κ3) is 5.66. The van der Waals surface area contributed by atoms with E-state index in [2.05, 4.69) is 33.8 Å². The van der Waals surface area contributed by atoms with Crippen LogP contribution in [0, 0.1) is 12.3 Å². The number of benzene rings is 2. The van der Waals surface area contributed by atoms with Crippen molar-refractivity contribution in [2.24, 2.45) is 0 Å². The van der Waals surface area contributed by atoms with Gasteiger partial charge in [-0.15, -0.1) is 6.42 Å². The number of halogens is 1. The predicted octanol–water partition coefficient (Wildman–Crippen LogP) is 3.83. The molecule has 0 aliphatic carbocycles. The Hall–Kier alpha value is -2.73.